The van der Waals surface area contributed by atoms with Crippen LogP contribution in [0, 0.1) is 11.8 Å². The molecule has 1 unspecified atom stereocenters. The lowest BCUT2D eigenvalue weighted by Crippen LogP contribution is -2.39. The number of carbonyl (C=O) groups excluding carboxylic acids is 1. The Hall–Kier alpha value is -1.11. The summed E-state index contributed by atoms with van der Waals surface area (Å²) in [6.07, 6.45) is 2.83. The zero-order chi connectivity index (χ0) is 17.3. The van der Waals surface area contributed by atoms with Gasteiger partial charge in [-0.05, 0) is 49.3 Å². The Morgan fingerprint density at radius 3 is 2.42 bits per heavy atom. The van der Waals surface area contributed by atoms with Crippen LogP contribution in [-0.4, -0.2) is 49.7 Å². The Balaban J connectivity index is 1.64. The number of likely N-dealkylation sites (tertiary alicyclic amines) is 1. The van der Waals surface area contributed by atoms with E-state index in [0.29, 0.717) is 29.9 Å². The molecule has 2 fully saturated rings. The summed E-state index contributed by atoms with van der Waals surface area (Å²) in [5.74, 6) is 1.01. The average molecular weight is 371 g/mol. The molecular formula is C17H23ClN2O3S. The number of piperidine rings is 1. The summed E-state index contributed by atoms with van der Waals surface area (Å²) in [4.78, 5) is 13.6. The highest BCUT2D eigenvalue weighted by atomic mass is 35.5. The predicted octanol–water partition coefficient (Wildman–Crippen LogP) is 2.61. The summed E-state index contributed by atoms with van der Waals surface area (Å²) in [6, 6.07) is 6.45. The van der Waals surface area contributed by atoms with Crippen molar-refractivity contribution < 1.29 is 13.2 Å². The lowest BCUT2D eigenvalue weighted by molar-refractivity contribution is -0.130. The minimum Gasteiger partial charge on any atom is -0.343 e. The van der Waals surface area contributed by atoms with E-state index in [4.69, 9.17) is 11.6 Å². The van der Waals surface area contributed by atoms with Crippen LogP contribution in [0.15, 0.2) is 29.2 Å². The van der Waals surface area contributed by atoms with Crippen LogP contribution in [0.3, 0.4) is 0 Å². The number of halogens is 1. The van der Waals surface area contributed by atoms with Crippen LogP contribution >= 0.6 is 11.6 Å². The number of amides is 1. The van der Waals surface area contributed by atoms with Crippen molar-refractivity contribution in [2.75, 3.05) is 26.2 Å². The number of hydrogen-bond acceptors (Lipinski definition) is 3. The molecule has 3 rings (SSSR count). The van der Waals surface area contributed by atoms with Crippen LogP contribution in [0.5, 0.6) is 0 Å². The van der Waals surface area contributed by atoms with Crippen LogP contribution in [0.25, 0.3) is 0 Å². The molecule has 1 aromatic carbocycles. The lowest BCUT2D eigenvalue weighted by Gasteiger charge is -2.34. The van der Waals surface area contributed by atoms with Crippen molar-refractivity contribution in [2.45, 2.75) is 31.1 Å². The molecule has 0 aromatic heterocycles. The fraction of sp³-hybridized carbons (Fsp3) is 0.588. The smallest absolute Gasteiger partial charge is 0.243 e. The fourth-order valence-corrected chi connectivity index (χ4v) is 5.63. The summed E-state index contributed by atoms with van der Waals surface area (Å²) in [5.41, 5.74) is 0. The molecule has 0 saturated carbocycles. The van der Waals surface area contributed by atoms with Gasteiger partial charge in [-0.25, -0.2) is 8.42 Å². The molecule has 0 spiro atoms. The summed E-state index contributed by atoms with van der Waals surface area (Å²) in [5, 5.41) is 0.434. The van der Waals surface area contributed by atoms with Gasteiger partial charge in [0.1, 0.15) is 0 Å². The van der Waals surface area contributed by atoms with Crippen LogP contribution in [0.4, 0.5) is 0 Å². The predicted molar refractivity (Wildman–Crippen MR) is 93.3 cm³/mol. The van der Waals surface area contributed by atoms with Gasteiger partial charge in [-0.3, -0.25) is 4.79 Å². The first-order chi connectivity index (χ1) is 11.4. The molecule has 0 bridgehead atoms. The molecule has 132 valence electrons. The van der Waals surface area contributed by atoms with Crippen molar-refractivity contribution in [3.05, 3.63) is 29.3 Å². The number of rotatable bonds is 3. The van der Waals surface area contributed by atoms with E-state index in [-0.39, 0.29) is 10.8 Å². The highest BCUT2D eigenvalue weighted by Crippen LogP contribution is 2.34. The molecule has 24 heavy (non-hydrogen) atoms. The van der Waals surface area contributed by atoms with Crippen molar-refractivity contribution in [3.63, 3.8) is 0 Å². The molecule has 0 radical (unpaired) electrons. The largest absolute Gasteiger partial charge is 0.343 e. The van der Waals surface area contributed by atoms with Gasteiger partial charge in [0.15, 0.2) is 0 Å². The number of sulfonamides is 1. The SMILES string of the molecule is CC(=O)N1CCC(C2CCN(S(=O)(=O)c3cccc(Cl)c3)C2)CC1. The van der Waals surface area contributed by atoms with Gasteiger partial charge >= 0.3 is 0 Å². The van der Waals surface area contributed by atoms with Gasteiger partial charge in [0.25, 0.3) is 0 Å². The molecule has 2 saturated heterocycles. The summed E-state index contributed by atoms with van der Waals surface area (Å²) >= 11 is 5.93. The Bertz CT molecular complexity index is 714. The first-order valence-electron chi connectivity index (χ1n) is 8.39. The Morgan fingerprint density at radius 2 is 1.79 bits per heavy atom. The molecule has 2 heterocycles. The molecule has 1 atom stereocenters. The highest BCUT2D eigenvalue weighted by Gasteiger charge is 2.37. The zero-order valence-electron chi connectivity index (χ0n) is 13.8. The standard InChI is InChI=1S/C17H23ClN2O3S/c1-13(21)19-8-5-14(6-9-19)15-7-10-20(12-15)24(22,23)17-4-2-3-16(18)11-17/h2-4,11,14-15H,5-10,12H2,1H3. The third-order valence-corrected chi connectivity index (χ3v) is 7.37. The highest BCUT2D eigenvalue weighted by molar-refractivity contribution is 7.89. The van der Waals surface area contributed by atoms with Gasteiger partial charge in [-0.2, -0.15) is 4.31 Å². The Morgan fingerprint density at radius 1 is 1.12 bits per heavy atom. The fourth-order valence-electron chi connectivity index (χ4n) is 3.82. The quantitative estimate of drug-likeness (QED) is 0.821. The molecule has 2 aliphatic rings. The molecule has 0 aliphatic carbocycles. The van der Waals surface area contributed by atoms with E-state index in [1.54, 1.807) is 29.4 Å². The van der Waals surface area contributed by atoms with Crippen LogP contribution in [0.2, 0.25) is 5.02 Å². The van der Waals surface area contributed by atoms with E-state index in [9.17, 15) is 13.2 Å². The second kappa shape index (κ2) is 7.02. The van der Waals surface area contributed by atoms with E-state index in [2.05, 4.69) is 0 Å². The van der Waals surface area contributed by atoms with Crippen molar-refractivity contribution >= 4 is 27.5 Å². The van der Waals surface area contributed by atoms with Crippen molar-refractivity contribution in [2.24, 2.45) is 11.8 Å². The third-order valence-electron chi connectivity index (χ3n) is 5.27. The van der Waals surface area contributed by atoms with Gasteiger partial charge in [-0.15, -0.1) is 0 Å². The van der Waals surface area contributed by atoms with Gasteiger partial charge in [0.05, 0.1) is 4.90 Å². The summed E-state index contributed by atoms with van der Waals surface area (Å²) in [7, 11) is -3.47. The van der Waals surface area contributed by atoms with Gasteiger partial charge in [0.2, 0.25) is 15.9 Å². The third kappa shape index (κ3) is 3.60. The normalized spacial score (nSPS) is 23.6. The van der Waals surface area contributed by atoms with Crippen LogP contribution < -0.4 is 0 Å². The van der Waals surface area contributed by atoms with Gasteiger partial charge in [0, 0.05) is 38.1 Å². The summed E-state index contributed by atoms with van der Waals surface area (Å²) in [6.45, 7) is 4.32. The van der Waals surface area contributed by atoms with E-state index in [1.807, 2.05) is 4.90 Å². The number of carbonyl (C=O) groups is 1. The number of benzene rings is 1. The van der Waals surface area contributed by atoms with Crippen LogP contribution in [-0.2, 0) is 14.8 Å². The Kier molecular flexibility index (Phi) is 5.18. The zero-order valence-corrected chi connectivity index (χ0v) is 15.4. The summed E-state index contributed by atoms with van der Waals surface area (Å²) < 4.78 is 27.1. The number of nitrogens with zero attached hydrogens (tertiary/aromatic N) is 2. The van der Waals surface area contributed by atoms with E-state index in [0.717, 1.165) is 32.4 Å². The molecule has 2 aliphatic heterocycles. The average Bonchev–Trinajstić information content (AvgIpc) is 3.06. The minimum atomic E-state index is -3.47. The van der Waals surface area contributed by atoms with Crippen molar-refractivity contribution in [3.8, 4) is 0 Å². The topological polar surface area (TPSA) is 57.7 Å². The maximum absolute atomic E-state index is 12.8. The molecule has 0 N–H and O–H groups in total. The van der Waals surface area contributed by atoms with E-state index < -0.39 is 10.0 Å². The van der Waals surface area contributed by atoms with Gasteiger partial charge < -0.3 is 4.90 Å². The lowest BCUT2D eigenvalue weighted by atomic mass is 9.84. The second-order valence-electron chi connectivity index (χ2n) is 6.71. The van der Waals surface area contributed by atoms with Gasteiger partial charge in [-0.1, -0.05) is 17.7 Å². The van der Waals surface area contributed by atoms with E-state index >= 15 is 0 Å². The molecule has 5 nitrogen and oxygen atoms in total. The second-order valence-corrected chi connectivity index (χ2v) is 9.09. The molecule has 1 aromatic rings. The number of hydrogen-bond donors (Lipinski definition) is 0. The van der Waals surface area contributed by atoms with Crippen molar-refractivity contribution in [1.82, 2.24) is 9.21 Å². The van der Waals surface area contributed by atoms with Crippen molar-refractivity contribution in [1.29, 1.82) is 0 Å². The first-order valence-corrected chi connectivity index (χ1v) is 10.2. The Labute approximate surface area is 148 Å². The maximum Gasteiger partial charge on any atom is 0.243 e. The van der Waals surface area contributed by atoms with Crippen LogP contribution in [0.1, 0.15) is 26.2 Å². The molecule has 7 heteroatoms. The molecular weight excluding hydrogens is 348 g/mol. The maximum atomic E-state index is 12.8. The van der Waals surface area contributed by atoms with E-state index in [1.165, 1.54) is 6.07 Å². The molecule has 1 amide bonds. The minimum absolute atomic E-state index is 0.130. The first kappa shape index (κ1) is 17.7. The monoisotopic (exact) mass is 370 g/mol.